The van der Waals surface area contributed by atoms with Crippen LogP contribution in [0.3, 0.4) is 0 Å². The molecule has 0 radical (unpaired) electrons. The van der Waals surface area contributed by atoms with Gasteiger partial charge in [0.1, 0.15) is 0 Å². The van der Waals surface area contributed by atoms with Crippen LogP contribution in [0.15, 0.2) is 18.2 Å². The molecule has 0 saturated heterocycles. The monoisotopic (exact) mass is 288 g/mol. The number of ether oxygens (including phenoxy) is 2. The Morgan fingerprint density at radius 3 is 2.40 bits per heavy atom. The number of alkyl halides is 2. The van der Waals surface area contributed by atoms with Gasteiger partial charge in [-0.25, -0.2) is 4.79 Å². The molecule has 0 bridgehead atoms. The highest BCUT2D eigenvalue weighted by Crippen LogP contribution is 2.31. The van der Waals surface area contributed by atoms with Gasteiger partial charge in [0, 0.05) is 17.3 Å². The van der Waals surface area contributed by atoms with Crippen LogP contribution < -0.4 is 20.1 Å². The van der Waals surface area contributed by atoms with E-state index in [0.717, 1.165) is 0 Å². The van der Waals surface area contributed by atoms with Crippen molar-refractivity contribution in [3.05, 3.63) is 18.2 Å². The molecule has 1 aromatic carbocycles. The topological polar surface area (TPSA) is 59.6 Å². The molecule has 2 N–H and O–H groups in total. The predicted molar refractivity (Wildman–Crippen MR) is 71.5 cm³/mol. The first-order valence-corrected chi connectivity index (χ1v) is 5.93. The Morgan fingerprint density at radius 2 is 1.90 bits per heavy atom. The average molecular weight is 288 g/mol. The second-order valence-electron chi connectivity index (χ2n) is 5.07. The molecule has 1 aromatic rings. The maximum atomic E-state index is 12.3. The lowest BCUT2D eigenvalue weighted by Crippen LogP contribution is -2.43. The van der Waals surface area contributed by atoms with E-state index in [4.69, 9.17) is 4.74 Å². The minimum absolute atomic E-state index is 0.143. The van der Waals surface area contributed by atoms with Crippen LogP contribution in [0.4, 0.5) is 19.3 Å². The number of amides is 2. The van der Waals surface area contributed by atoms with Crippen molar-refractivity contribution in [3.8, 4) is 11.5 Å². The molecule has 0 aliphatic heterocycles. The molecule has 0 aromatic heterocycles. The molecule has 0 heterocycles. The summed E-state index contributed by atoms with van der Waals surface area (Å²) in [6.45, 7) is 2.51. The number of nitrogens with one attached hydrogen (secondary N) is 2. The normalized spacial score (nSPS) is 11.2. The van der Waals surface area contributed by atoms with Crippen molar-refractivity contribution in [2.24, 2.45) is 0 Å². The number of urea groups is 1. The average Bonchev–Trinajstić information content (AvgIpc) is 2.25. The van der Waals surface area contributed by atoms with Gasteiger partial charge < -0.3 is 20.1 Å². The highest BCUT2D eigenvalue weighted by molar-refractivity contribution is 5.90. The first-order chi connectivity index (χ1) is 9.21. The summed E-state index contributed by atoms with van der Waals surface area (Å²) in [4.78, 5) is 11.7. The Balaban J connectivity index is 2.83. The molecule has 0 unspecified atom stereocenters. The van der Waals surface area contributed by atoms with E-state index >= 15 is 0 Å². The molecule has 7 heteroatoms. The lowest BCUT2D eigenvalue weighted by molar-refractivity contribution is -0.0511. The summed E-state index contributed by atoms with van der Waals surface area (Å²) >= 11 is 0. The van der Waals surface area contributed by atoms with Crippen LogP contribution in [-0.2, 0) is 0 Å². The number of hydrogen-bond donors (Lipinski definition) is 2. The number of benzene rings is 1. The first kappa shape index (κ1) is 16.0. The van der Waals surface area contributed by atoms with Gasteiger partial charge in [0.2, 0.25) is 0 Å². The van der Waals surface area contributed by atoms with Crippen LogP contribution in [0.1, 0.15) is 20.8 Å². The van der Waals surface area contributed by atoms with Gasteiger partial charge in [-0.15, -0.1) is 0 Å². The largest absolute Gasteiger partial charge is 0.493 e. The van der Waals surface area contributed by atoms with Gasteiger partial charge in [-0.3, -0.25) is 0 Å². The fraction of sp³-hybridized carbons (Fsp3) is 0.462. The molecule has 20 heavy (non-hydrogen) atoms. The molecule has 0 fully saturated rings. The Bertz CT molecular complexity index is 473. The van der Waals surface area contributed by atoms with E-state index in [0.29, 0.717) is 5.69 Å². The fourth-order valence-electron chi connectivity index (χ4n) is 1.45. The van der Waals surface area contributed by atoms with E-state index in [-0.39, 0.29) is 11.5 Å². The van der Waals surface area contributed by atoms with Gasteiger partial charge >= 0.3 is 12.6 Å². The van der Waals surface area contributed by atoms with Crippen LogP contribution >= 0.6 is 0 Å². The molecule has 0 atom stereocenters. The van der Waals surface area contributed by atoms with Crippen molar-refractivity contribution in [1.29, 1.82) is 0 Å². The summed E-state index contributed by atoms with van der Waals surface area (Å²) in [6, 6.07) is 3.79. The van der Waals surface area contributed by atoms with Gasteiger partial charge in [-0.1, -0.05) is 0 Å². The van der Waals surface area contributed by atoms with Crippen molar-refractivity contribution in [2.45, 2.75) is 32.9 Å². The Labute approximate surface area is 116 Å². The Hall–Kier alpha value is -2.05. The van der Waals surface area contributed by atoms with E-state index in [1.807, 2.05) is 20.8 Å². The summed E-state index contributed by atoms with van der Waals surface area (Å²) in [5, 5.41) is 5.22. The summed E-state index contributed by atoms with van der Waals surface area (Å²) in [5.74, 6) is 0.0168. The molecule has 0 spiro atoms. The van der Waals surface area contributed by atoms with Crippen molar-refractivity contribution in [1.82, 2.24) is 5.32 Å². The number of hydrogen-bond acceptors (Lipinski definition) is 3. The molecular formula is C13H18F2N2O3. The van der Waals surface area contributed by atoms with Crippen molar-refractivity contribution in [3.63, 3.8) is 0 Å². The Kier molecular flexibility index (Phi) is 5.12. The third-order valence-electron chi connectivity index (χ3n) is 2.13. The number of rotatable bonds is 4. The van der Waals surface area contributed by atoms with Gasteiger partial charge in [-0.05, 0) is 32.9 Å². The molecule has 2 amide bonds. The van der Waals surface area contributed by atoms with Crippen LogP contribution in [-0.4, -0.2) is 25.3 Å². The summed E-state index contributed by atoms with van der Waals surface area (Å²) in [7, 11) is 1.34. The second-order valence-corrected chi connectivity index (χ2v) is 5.07. The third-order valence-corrected chi connectivity index (χ3v) is 2.13. The van der Waals surface area contributed by atoms with E-state index in [1.54, 1.807) is 0 Å². The van der Waals surface area contributed by atoms with E-state index < -0.39 is 18.2 Å². The van der Waals surface area contributed by atoms with Gasteiger partial charge in [-0.2, -0.15) is 8.78 Å². The van der Waals surface area contributed by atoms with E-state index in [1.165, 1.54) is 25.3 Å². The van der Waals surface area contributed by atoms with Crippen LogP contribution in [0.2, 0.25) is 0 Å². The van der Waals surface area contributed by atoms with Gasteiger partial charge in [0.15, 0.2) is 11.5 Å². The van der Waals surface area contributed by atoms with Crippen LogP contribution in [0, 0.1) is 0 Å². The lowest BCUT2D eigenvalue weighted by Gasteiger charge is -2.21. The number of carbonyl (C=O) groups excluding carboxylic acids is 1. The molecule has 0 saturated carbocycles. The molecule has 1 rings (SSSR count). The number of methoxy groups -OCH3 is 1. The maximum Gasteiger partial charge on any atom is 0.387 e. The van der Waals surface area contributed by atoms with Gasteiger partial charge in [0.25, 0.3) is 0 Å². The highest BCUT2D eigenvalue weighted by Gasteiger charge is 2.15. The smallest absolute Gasteiger partial charge is 0.387 e. The zero-order valence-electron chi connectivity index (χ0n) is 11.8. The summed E-state index contributed by atoms with van der Waals surface area (Å²) < 4.78 is 33.8. The SMILES string of the molecule is COc1ccc(NC(=O)NC(C)(C)C)cc1OC(F)F. The predicted octanol–water partition coefficient (Wildman–Crippen LogP) is 3.22. The zero-order valence-corrected chi connectivity index (χ0v) is 11.8. The van der Waals surface area contributed by atoms with Crippen LogP contribution in [0.5, 0.6) is 11.5 Å². The highest BCUT2D eigenvalue weighted by atomic mass is 19.3. The standard InChI is InChI=1S/C13H18F2N2O3/c1-13(2,3)17-12(18)16-8-5-6-9(19-4)10(7-8)20-11(14)15/h5-7,11H,1-4H3,(H2,16,17,18). The maximum absolute atomic E-state index is 12.3. The summed E-state index contributed by atoms with van der Waals surface area (Å²) in [5.41, 5.74) is -0.0815. The van der Waals surface area contributed by atoms with Crippen molar-refractivity contribution >= 4 is 11.7 Å². The number of carbonyl (C=O) groups is 1. The quantitative estimate of drug-likeness (QED) is 0.894. The van der Waals surface area contributed by atoms with Crippen LogP contribution in [0.25, 0.3) is 0 Å². The number of halogens is 2. The molecule has 0 aliphatic carbocycles. The minimum atomic E-state index is -2.97. The number of anilines is 1. The minimum Gasteiger partial charge on any atom is -0.493 e. The van der Waals surface area contributed by atoms with E-state index in [9.17, 15) is 13.6 Å². The first-order valence-electron chi connectivity index (χ1n) is 5.93. The Morgan fingerprint density at radius 1 is 1.25 bits per heavy atom. The van der Waals surface area contributed by atoms with Crippen molar-refractivity contribution < 1.29 is 23.0 Å². The molecule has 5 nitrogen and oxygen atoms in total. The molecule has 0 aliphatic rings. The zero-order chi connectivity index (χ0) is 15.3. The lowest BCUT2D eigenvalue weighted by atomic mass is 10.1. The summed E-state index contributed by atoms with van der Waals surface area (Å²) in [6.07, 6.45) is 0. The van der Waals surface area contributed by atoms with Crippen molar-refractivity contribution in [2.75, 3.05) is 12.4 Å². The molecule has 112 valence electrons. The van der Waals surface area contributed by atoms with E-state index in [2.05, 4.69) is 15.4 Å². The molecular weight excluding hydrogens is 270 g/mol. The second kappa shape index (κ2) is 6.40. The fourth-order valence-corrected chi connectivity index (χ4v) is 1.45. The van der Waals surface area contributed by atoms with Gasteiger partial charge in [0.05, 0.1) is 7.11 Å². The third kappa shape index (κ3) is 5.29.